The molecule has 120 valence electrons. The van der Waals surface area contributed by atoms with E-state index >= 15 is 0 Å². The Balaban J connectivity index is 2.17. The second kappa shape index (κ2) is 7.10. The van der Waals surface area contributed by atoms with Gasteiger partial charge in [-0.3, -0.25) is 14.7 Å². The summed E-state index contributed by atoms with van der Waals surface area (Å²) in [4.78, 5) is 17.7. The molecular formula is C18H15ClN4O. The molecule has 5 nitrogen and oxygen atoms in total. The highest BCUT2D eigenvalue weighted by Crippen LogP contribution is 2.30. The molecule has 1 heterocycles. The molecule has 0 aliphatic heterocycles. The van der Waals surface area contributed by atoms with E-state index in [0.29, 0.717) is 16.5 Å². The minimum absolute atomic E-state index is 0.535. The Kier molecular flexibility index (Phi) is 4.72. The molecule has 0 atom stereocenters. The van der Waals surface area contributed by atoms with Crippen molar-refractivity contribution in [3.8, 4) is 0 Å². The highest BCUT2D eigenvalue weighted by atomic mass is 35.5. The van der Waals surface area contributed by atoms with Gasteiger partial charge in [0.25, 0.3) is 0 Å². The number of para-hydroxylation sites is 1. The number of rotatable bonds is 4. The number of halogens is 1. The van der Waals surface area contributed by atoms with Crippen molar-refractivity contribution in [3.63, 3.8) is 0 Å². The highest BCUT2D eigenvalue weighted by molar-refractivity contribution is 6.31. The molecule has 0 radical (unpaired) electrons. The minimum Gasteiger partial charge on any atom is -0.283 e. The van der Waals surface area contributed by atoms with Crippen LogP contribution in [0.2, 0.25) is 5.02 Å². The van der Waals surface area contributed by atoms with Crippen LogP contribution in [0.15, 0.2) is 72.0 Å². The van der Waals surface area contributed by atoms with E-state index in [1.165, 1.54) is 4.90 Å². The molecular weight excluding hydrogens is 324 g/mol. The highest BCUT2D eigenvalue weighted by Gasteiger charge is 2.18. The Morgan fingerprint density at radius 1 is 1.21 bits per heavy atom. The van der Waals surface area contributed by atoms with Gasteiger partial charge < -0.3 is 0 Å². The van der Waals surface area contributed by atoms with E-state index in [2.05, 4.69) is 10.1 Å². The summed E-state index contributed by atoms with van der Waals surface area (Å²) in [7, 11) is 1.68. The number of benzene rings is 2. The molecule has 0 aliphatic rings. The third kappa shape index (κ3) is 3.07. The number of anilines is 2. The Morgan fingerprint density at radius 2 is 2.00 bits per heavy atom. The van der Waals surface area contributed by atoms with Crippen LogP contribution in [0.4, 0.5) is 11.4 Å². The van der Waals surface area contributed by atoms with Gasteiger partial charge >= 0.3 is 0 Å². The summed E-state index contributed by atoms with van der Waals surface area (Å²) >= 11 is 6.17. The lowest BCUT2D eigenvalue weighted by Crippen LogP contribution is -2.21. The summed E-state index contributed by atoms with van der Waals surface area (Å²) < 4.78 is 1.65. The third-order valence-electron chi connectivity index (χ3n) is 3.53. The van der Waals surface area contributed by atoms with Crippen LogP contribution in [0.3, 0.4) is 0 Å². The molecule has 1 amide bonds. The van der Waals surface area contributed by atoms with Gasteiger partial charge in [-0.05, 0) is 36.4 Å². The maximum absolute atomic E-state index is 11.8. The van der Waals surface area contributed by atoms with Gasteiger partial charge in [0.15, 0.2) is 5.84 Å². The predicted molar refractivity (Wildman–Crippen MR) is 96.2 cm³/mol. The smallest absolute Gasteiger partial charge is 0.218 e. The van der Waals surface area contributed by atoms with Crippen molar-refractivity contribution in [1.29, 1.82) is 0 Å². The average Bonchev–Trinajstić information content (AvgIpc) is 3.13. The lowest BCUT2D eigenvalue weighted by Gasteiger charge is -2.22. The molecule has 3 aromatic rings. The maximum Gasteiger partial charge on any atom is 0.218 e. The first-order chi connectivity index (χ1) is 11.7. The largest absolute Gasteiger partial charge is 0.283 e. The molecule has 6 heteroatoms. The maximum atomic E-state index is 11.8. The number of aromatic nitrogens is 2. The number of carbonyl (C=O) groups excluding carboxylic acids is 1. The van der Waals surface area contributed by atoms with E-state index < -0.39 is 0 Å². The molecule has 0 N–H and O–H groups in total. The summed E-state index contributed by atoms with van der Waals surface area (Å²) in [6.45, 7) is 0. The Hall–Kier alpha value is -2.92. The average molecular weight is 339 g/mol. The number of hydrogen-bond acceptors (Lipinski definition) is 3. The molecule has 0 bridgehead atoms. The van der Waals surface area contributed by atoms with Gasteiger partial charge in [-0.25, -0.2) is 4.68 Å². The first kappa shape index (κ1) is 16.0. The quantitative estimate of drug-likeness (QED) is 0.413. The van der Waals surface area contributed by atoms with Crippen LogP contribution >= 0.6 is 11.6 Å². The summed E-state index contributed by atoms with van der Waals surface area (Å²) in [5.41, 5.74) is 2.13. The molecule has 2 aromatic carbocycles. The molecule has 0 fully saturated rings. The van der Waals surface area contributed by atoms with Crippen molar-refractivity contribution < 1.29 is 4.79 Å². The molecule has 1 aromatic heterocycles. The van der Waals surface area contributed by atoms with Crippen LogP contribution in [0.5, 0.6) is 0 Å². The van der Waals surface area contributed by atoms with Crippen molar-refractivity contribution in [3.05, 3.63) is 77.6 Å². The van der Waals surface area contributed by atoms with Crippen LogP contribution < -0.4 is 4.90 Å². The zero-order valence-electron chi connectivity index (χ0n) is 13.0. The number of aliphatic imine (C=N–C) groups is 1. The fraction of sp³-hybridized carbons (Fsp3) is 0.0556. The van der Waals surface area contributed by atoms with Crippen molar-refractivity contribution in [2.24, 2.45) is 4.99 Å². The number of carbonyl (C=O) groups is 1. The van der Waals surface area contributed by atoms with E-state index in [4.69, 9.17) is 11.6 Å². The Morgan fingerprint density at radius 3 is 2.62 bits per heavy atom. The molecule has 0 aliphatic carbocycles. The van der Waals surface area contributed by atoms with Crippen molar-refractivity contribution in [2.75, 3.05) is 11.9 Å². The van der Waals surface area contributed by atoms with Gasteiger partial charge in [-0.2, -0.15) is 5.10 Å². The van der Waals surface area contributed by atoms with Crippen LogP contribution in [-0.2, 0) is 4.79 Å². The van der Waals surface area contributed by atoms with Gasteiger partial charge in [0.05, 0.1) is 5.69 Å². The van der Waals surface area contributed by atoms with E-state index in [1.54, 1.807) is 36.3 Å². The second-order valence-corrected chi connectivity index (χ2v) is 5.41. The molecule has 0 saturated heterocycles. The first-order valence-electron chi connectivity index (χ1n) is 7.31. The SMILES string of the molecule is C/N=C(\c1ccc(Cl)cc1N(C=O)c1ccccc1)n1cccn1. The lowest BCUT2D eigenvalue weighted by atomic mass is 10.1. The molecule has 0 saturated carbocycles. The second-order valence-electron chi connectivity index (χ2n) is 4.97. The number of amides is 1. The fourth-order valence-corrected chi connectivity index (χ4v) is 2.65. The van der Waals surface area contributed by atoms with E-state index in [0.717, 1.165) is 17.7 Å². The standard InChI is InChI=1S/C18H15ClN4O/c1-20-18(23-11-5-10-21-23)16-9-8-14(19)12-17(16)22(13-24)15-6-3-2-4-7-15/h2-13H,1H3/b20-18+. The van der Waals surface area contributed by atoms with Crippen molar-refractivity contribution >= 4 is 35.2 Å². The lowest BCUT2D eigenvalue weighted by molar-refractivity contribution is -0.106. The zero-order chi connectivity index (χ0) is 16.9. The third-order valence-corrected chi connectivity index (χ3v) is 3.77. The van der Waals surface area contributed by atoms with Gasteiger partial charge in [-0.1, -0.05) is 29.8 Å². The fourth-order valence-electron chi connectivity index (χ4n) is 2.48. The number of nitrogens with zero attached hydrogens (tertiary/aromatic N) is 4. The predicted octanol–water partition coefficient (Wildman–Crippen LogP) is 3.76. The molecule has 3 rings (SSSR count). The van der Waals surface area contributed by atoms with E-state index in [1.807, 2.05) is 42.5 Å². The van der Waals surface area contributed by atoms with Crippen LogP contribution in [0.1, 0.15) is 5.56 Å². The van der Waals surface area contributed by atoms with Gasteiger partial charge in [-0.15, -0.1) is 0 Å². The topological polar surface area (TPSA) is 50.5 Å². The zero-order valence-corrected chi connectivity index (χ0v) is 13.8. The van der Waals surface area contributed by atoms with Crippen molar-refractivity contribution in [2.45, 2.75) is 0 Å². The van der Waals surface area contributed by atoms with Gasteiger partial charge in [0.1, 0.15) is 0 Å². The Labute approximate surface area is 144 Å². The first-order valence-corrected chi connectivity index (χ1v) is 7.68. The minimum atomic E-state index is 0.535. The van der Waals surface area contributed by atoms with Crippen LogP contribution in [0.25, 0.3) is 0 Å². The molecule has 24 heavy (non-hydrogen) atoms. The number of hydrogen-bond donors (Lipinski definition) is 0. The normalized spacial score (nSPS) is 11.3. The van der Waals surface area contributed by atoms with Crippen molar-refractivity contribution in [1.82, 2.24) is 9.78 Å². The molecule has 0 spiro atoms. The molecule has 0 unspecified atom stereocenters. The van der Waals surface area contributed by atoms with Crippen LogP contribution in [0, 0.1) is 0 Å². The van der Waals surface area contributed by atoms with E-state index in [9.17, 15) is 4.79 Å². The Bertz CT molecular complexity index is 860. The summed E-state index contributed by atoms with van der Waals surface area (Å²) in [6, 6.07) is 16.5. The summed E-state index contributed by atoms with van der Waals surface area (Å²) in [5.74, 6) is 0.620. The van der Waals surface area contributed by atoms with Crippen LogP contribution in [-0.4, -0.2) is 29.1 Å². The summed E-state index contributed by atoms with van der Waals surface area (Å²) in [5, 5.41) is 4.77. The summed E-state index contributed by atoms with van der Waals surface area (Å²) in [6.07, 6.45) is 4.24. The van der Waals surface area contributed by atoms with E-state index in [-0.39, 0.29) is 0 Å². The monoisotopic (exact) mass is 338 g/mol. The van der Waals surface area contributed by atoms with Gasteiger partial charge in [0, 0.05) is 35.7 Å². The van der Waals surface area contributed by atoms with Gasteiger partial charge in [0.2, 0.25) is 6.41 Å².